The number of hydrogen-bond acceptors (Lipinski definition) is 2. The summed E-state index contributed by atoms with van der Waals surface area (Å²) in [6, 6.07) is 7.42. The van der Waals surface area contributed by atoms with Crippen LogP contribution < -0.4 is 10.6 Å². The molecule has 21 heavy (non-hydrogen) atoms. The Morgan fingerprint density at radius 1 is 1.29 bits per heavy atom. The average Bonchev–Trinajstić information content (AvgIpc) is 3.07. The van der Waals surface area contributed by atoms with E-state index >= 15 is 0 Å². The first-order valence-corrected chi connectivity index (χ1v) is 7.95. The molecule has 4 unspecified atom stereocenters. The third kappa shape index (κ3) is 3.01. The van der Waals surface area contributed by atoms with Gasteiger partial charge in [0.25, 0.3) is 0 Å². The lowest BCUT2D eigenvalue weighted by Gasteiger charge is -2.30. The molecule has 2 aliphatic carbocycles. The number of nitrogens with one attached hydrogen (secondary N) is 2. The summed E-state index contributed by atoms with van der Waals surface area (Å²) < 4.78 is 0. The first-order chi connectivity index (χ1) is 10.2. The molecule has 0 radical (unpaired) electrons. The van der Waals surface area contributed by atoms with Gasteiger partial charge in [0.15, 0.2) is 0 Å². The number of carbonyl (C=O) groups is 1. The highest BCUT2D eigenvalue weighted by molar-refractivity contribution is 6.31. The van der Waals surface area contributed by atoms with Crippen LogP contribution in [0, 0.1) is 17.8 Å². The zero-order chi connectivity index (χ0) is 14.8. The van der Waals surface area contributed by atoms with E-state index < -0.39 is 0 Å². The van der Waals surface area contributed by atoms with E-state index in [0.717, 1.165) is 18.4 Å². The summed E-state index contributed by atoms with van der Waals surface area (Å²) in [6.07, 6.45) is 3.49. The fourth-order valence-electron chi connectivity index (χ4n) is 3.92. The van der Waals surface area contributed by atoms with Crippen molar-refractivity contribution in [2.45, 2.75) is 31.8 Å². The van der Waals surface area contributed by atoms with Crippen molar-refractivity contribution in [3.05, 3.63) is 34.9 Å². The van der Waals surface area contributed by atoms with Gasteiger partial charge < -0.3 is 15.7 Å². The molecule has 0 spiro atoms. The number of aliphatic hydroxyl groups is 1. The molecule has 2 aliphatic rings. The Kier molecular flexibility index (Phi) is 4.36. The molecule has 3 N–H and O–H groups in total. The maximum absolute atomic E-state index is 12.1. The van der Waals surface area contributed by atoms with Gasteiger partial charge in [-0.05, 0) is 42.7 Å². The summed E-state index contributed by atoms with van der Waals surface area (Å²) in [5, 5.41) is 16.1. The Morgan fingerprint density at radius 3 is 2.81 bits per heavy atom. The van der Waals surface area contributed by atoms with Crippen LogP contribution >= 0.6 is 11.6 Å². The summed E-state index contributed by atoms with van der Waals surface area (Å²) in [4.78, 5) is 12.1. The molecule has 0 aliphatic heterocycles. The topological polar surface area (TPSA) is 61.4 Å². The van der Waals surface area contributed by atoms with Crippen molar-refractivity contribution < 1.29 is 9.90 Å². The average molecular weight is 309 g/mol. The summed E-state index contributed by atoms with van der Waals surface area (Å²) in [5.74, 6) is 1.32. The summed E-state index contributed by atoms with van der Waals surface area (Å²) in [5.41, 5.74) is 0.904. The van der Waals surface area contributed by atoms with Crippen LogP contribution in [0.5, 0.6) is 0 Å². The molecule has 3 rings (SSSR count). The maximum atomic E-state index is 12.1. The van der Waals surface area contributed by atoms with Gasteiger partial charge in [0.05, 0.1) is 0 Å². The Morgan fingerprint density at radius 2 is 2.05 bits per heavy atom. The lowest BCUT2D eigenvalue weighted by molar-refractivity contribution is 0.144. The number of fused-ring (bicyclic) bond motifs is 2. The number of rotatable bonds is 4. The first-order valence-electron chi connectivity index (χ1n) is 7.57. The van der Waals surface area contributed by atoms with Crippen molar-refractivity contribution in [1.29, 1.82) is 0 Å². The van der Waals surface area contributed by atoms with Crippen LogP contribution in [0.2, 0.25) is 5.02 Å². The second kappa shape index (κ2) is 6.24. The highest BCUT2D eigenvalue weighted by Gasteiger charge is 2.47. The second-order valence-electron chi connectivity index (χ2n) is 6.12. The number of aliphatic hydroxyl groups excluding tert-OH is 1. The first kappa shape index (κ1) is 14.7. The number of carbonyl (C=O) groups excluding carboxylic acids is 1. The highest BCUT2D eigenvalue weighted by Crippen LogP contribution is 2.48. The van der Waals surface area contributed by atoms with Crippen LogP contribution in [0.25, 0.3) is 0 Å². The Bertz CT molecular complexity index is 523. The number of amides is 2. The molecule has 1 aromatic carbocycles. The van der Waals surface area contributed by atoms with Gasteiger partial charge in [0.2, 0.25) is 0 Å². The molecule has 2 bridgehead atoms. The monoisotopic (exact) mass is 308 g/mol. The smallest absolute Gasteiger partial charge is 0.315 e. The third-order valence-electron chi connectivity index (χ3n) is 4.99. The van der Waals surface area contributed by atoms with Crippen LogP contribution in [-0.4, -0.2) is 23.8 Å². The lowest BCUT2D eigenvalue weighted by Crippen LogP contribution is -2.48. The largest absolute Gasteiger partial charge is 0.396 e. The van der Waals surface area contributed by atoms with E-state index in [4.69, 9.17) is 11.6 Å². The SMILES string of the molecule is O=C(NCc1ccccc1Cl)NC1C2CCC(C2)C1CO. The van der Waals surface area contributed by atoms with E-state index in [9.17, 15) is 9.90 Å². The van der Waals surface area contributed by atoms with E-state index in [-0.39, 0.29) is 24.6 Å². The third-order valence-corrected chi connectivity index (χ3v) is 5.36. The molecule has 2 amide bonds. The molecule has 2 saturated carbocycles. The van der Waals surface area contributed by atoms with Crippen LogP contribution in [0.3, 0.4) is 0 Å². The molecular weight excluding hydrogens is 288 g/mol. The Balaban J connectivity index is 1.54. The zero-order valence-corrected chi connectivity index (χ0v) is 12.6. The quantitative estimate of drug-likeness (QED) is 0.800. The van der Waals surface area contributed by atoms with Crippen molar-refractivity contribution in [3.8, 4) is 0 Å². The van der Waals surface area contributed by atoms with Crippen molar-refractivity contribution in [3.63, 3.8) is 0 Å². The van der Waals surface area contributed by atoms with Crippen LogP contribution in [0.1, 0.15) is 24.8 Å². The molecule has 0 heterocycles. The molecule has 5 heteroatoms. The van der Waals surface area contributed by atoms with Gasteiger partial charge in [0.1, 0.15) is 0 Å². The number of halogens is 1. The molecular formula is C16H21ClN2O2. The van der Waals surface area contributed by atoms with E-state index in [1.54, 1.807) is 0 Å². The van der Waals surface area contributed by atoms with Crippen LogP contribution in [-0.2, 0) is 6.54 Å². The summed E-state index contributed by atoms with van der Waals surface area (Å²) in [7, 11) is 0. The number of urea groups is 1. The van der Waals surface area contributed by atoms with E-state index in [1.165, 1.54) is 6.42 Å². The maximum Gasteiger partial charge on any atom is 0.315 e. The lowest BCUT2D eigenvalue weighted by atomic mass is 9.85. The Labute approximate surface area is 129 Å². The molecule has 114 valence electrons. The van der Waals surface area contributed by atoms with Gasteiger partial charge in [-0.2, -0.15) is 0 Å². The molecule has 1 aromatic rings. The fraction of sp³-hybridized carbons (Fsp3) is 0.562. The van der Waals surface area contributed by atoms with Gasteiger partial charge in [-0.1, -0.05) is 29.8 Å². The van der Waals surface area contributed by atoms with Crippen molar-refractivity contribution in [1.82, 2.24) is 10.6 Å². The molecule has 0 saturated heterocycles. The van der Waals surface area contributed by atoms with E-state index in [1.807, 2.05) is 24.3 Å². The minimum atomic E-state index is -0.175. The zero-order valence-electron chi connectivity index (χ0n) is 11.9. The molecule has 4 atom stereocenters. The van der Waals surface area contributed by atoms with Gasteiger partial charge in [0, 0.05) is 30.1 Å². The van der Waals surface area contributed by atoms with Crippen LogP contribution in [0.15, 0.2) is 24.3 Å². The van der Waals surface area contributed by atoms with Crippen molar-refractivity contribution in [2.75, 3.05) is 6.61 Å². The predicted molar refractivity (Wildman–Crippen MR) is 82.0 cm³/mol. The summed E-state index contributed by atoms with van der Waals surface area (Å²) >= 11 is 6.07. The van der Waals surface area contributed by atoms with Crippen molar-refractivity contribution in [2.24, 2.45) is 17.8 Å². The van der Waals surface area contributed by atoms with E-state index in [0.29, 0.717) is 23.4 Å². The predicted octanol–water partition coefficient (Wildman–Crippen LogP) is 2.55. The van der Waals surface area contributed by atoms with E-state index in [2.05, 4.69) is 10.6 Å². The number of benzene rings is 1. The van der Waals surface area contributed by atoms with Crippen LogP contribution in [0.4, 0.5) is 4.79 Å². The second-order valence-corrected chi connectivity index (χ2v) is 6.53. The van der Waals surface area contributed by atoms with Gasteiger partial charge in [-0.15, -0.1) is 0 Å². The molecule has 4 nitrogen and oxygen atoms in total. The Hall–Kier alpha value is -1.26. The van der Waals surface area contributed by atoms with Gasteiger partial charge in [-0.25, -0.2) is 4.79 Å². The van der Waals surface area contributed by atoms with Crippen molar-refractivity contribution >= 4 is 17.6 Å². The minimum absolute atomic E-state index is 0.111. The number of hydrogen-bond donors (Lipinski definition) is 3. The molecule has 0 aromatic heterocycles. The molecule has 2 fully saturated rings. The normalized spacial score (nSPS) is 30.4. The van der Waals surface area contributed by atoms with Gasteiger partial charge in [-0.3, -0.25) is 0 Å². The minimum Gasteiger partial charge on any atom is -0.396 e. The standard InChI is InChI=1S/C16H21ClN2O2/c17-14-4-2-1-3-12(14)8-18-16(21)19-15-11-6-5-10(7-11)13(15)9-20/h1-4,10-11,13,15,20H,5-9H2,(H2,18,19,21). The summed E-state index contributed by atoms with van der Waals surface area (Å²) in [6.45, 7) is 0.576. The van der Waals surface area contributed by atoms with Gasteiger partial charge >= 0.3 is 6.03 Å². The fourth-order valence-corrected chi connectivity index (χ4v) is 4.12. The highest BCUT2D eigenvalue weighted by atomic mass is 35.5.